The first kappa shape index (κ1) is 55.6. The van der Waals surface area contributed by atoms with E-state index in [4.69, 9.17) is 11.5 Å². The van der Waals surface area contributed by atoms with E-state index in [-0.39, 0.29) is 50.6 Å². The Bertz CT molecular complexity index is 1870. The number of unbranched alkanes of at least 4 members (excludes halogenated alkanes) is 1. The van der Waals surface area contributed by atoms with Gasteiger partial charge < -0.3 is 58.9 Å². The van der Waals surface area contributed by atoms with E-state index in [1.807, 2.05) is 6.92 Å². The Hall–Kier alpha value is -5.71. The van der Waals surface area contributed by atoms with Crippen LogP contribution in [0.1, 0.15) is 98.5 Å². The maximum Gasteiger partial charge on any atom is 0.326 e. The van der Waals surface area contributed by atoms with Gasteiger partial charge in [-0.15, -0.1) is 0 Å². The number of nitrogens with one attached hydrogen (secondary N) is 7. The minimum absolute atomic E-state index is 0.0201. The molecule has 2 aliphatic rings. The van der Waals surface area contributed by atoms with Crippen molar-refractivity contribution in [3.63, 3.8) is 0 Å². The molecule has 0 aliphatic carbocycles. The first-order chi connectivity index (χ1) is 31.8. The standard InChI is InChI=1S/C45H73N11O11/c1-7-14-30(45(66)67)49-40(61)32(22-28-15-10-9-11-16-28)50-37(58)27(6)48-39(60)31(21-25(3)4)51-41(62)34(24-57)53-42(63)35-18-20-55-23-33(44(65)56(35)55)52-43(64)36(26(5)8-2)54-38(59)29(47)17-12-13-19-46/h9-11,15-16,25-27,29-36,57H,7-8,12-14,17-24,46-47H2,1-6H3,(H,48,60)(H,49,61)(H,50,58)(H,51,62)(H,52,64)(H,53,63)(H,54,59)(H,66,67)/t26?,27?,29-,30?,31?,32-,33?,34?,35?,36-/m0/s1. The number of nitrogens with zero attached hydrogens (tertiary/aromatic N) is 2. The van der Waals surface area contributed by atoms with Crippen molar-refractivity contribution in [1.82, 2.24) is 47.2 Å². The first-order valence-corrected chi connectivity index (χ1v) is 23.3. The maximum absolute atomic E-state index is 13.7. The van der Waals surface area contributed by atoms with Crippen LogP contribution in [0.3, 0.4) is 0 Å². The number of hydrogen-bond donors (Lipinski definition) is 11. The summed E-state index contributed by atoms with van der Waals surface area (Å²) in [4.78, 5) is 120. The lowest BCUT2D eigenvalue weighted by molar-refractivity contribution is -0.146. The Morgan fingerprint density at radius 1 is 0.761 bits per heavy atom. The van der Waals surface area contributed by atoms with Crippen LogP contribution in [0.15, 0.2) is 30.3 Å². The summed E-state index contributed by atoms with van der Waals surface area (Å²) in [5, 5.41) is 40.8. The van der Waals surface area contributed by atoms with Crippen LogP contribution in [0.25, 0.3) is 0 Å². The third-order valence-corrected chi connectivity index (χ3v) is 11.9. The van der Waals surface area contributed by atoms with E-state index >= 15 is 0 Å². The summed E-state index contributed by atoms with van der Waals surface area (Å²) >= 11 is 0. The molecule has 10 atom stereocenters. The molecule has 0 radical (unpaired) electrons. The quantitative estimate of drug-likeness (QED) is 0.0401. The summed E-state index contributed by atoms with van der Waals surface area (Å²) in [7, 11) is 0. The molecule has 2 aliphatic heterocycles. The number of carbonyl (C=O) groups excluding carboxylic acids is 8. The van der Waals surface area contributed by atoms with Gasteiger partial charge in [-0.25, -0.2) is 9.80 Å². The third-order valence-electron chi connectivity index (χ3n) is 11.9. The van der Waals surface area contributed by atoms with Crippen LogP contribution in [0.5, 0.6) is 0 Å². The molecule has 1 aromatic carbocycles. The molecule has 13 N–H and O–H groups in total. The molecule has 22 heteroatoms. The van der Waals surface area contributed by atoms with Crippen LogP contribution in [0, 0.1) is 11.8 Å². The molecule has 2 heterocycles. The lowest BCUT2D eigenvalue weighted by atomic mass is 9.97. The van der Waals surface area contributed by atoms with Gasteiger partial charge >= 0.3 is 5.97 Å². The van der Waals surface area contributed by atoms with E-state index < -0.39 is 114 Å². The monoisotopic (exact) mass is 944 g/mol. The van der Waals surface area contributed by atoms with Crippen molar-refractivity contribution in [3.05, 3.63) is 35.9 Å². The van der Waals surface area contributed by atoms with Crippen LogP contribution in [0.2, 0.25) is 0 Å². The molecule has 2 saturated heterocycles. The number of benzene rings is 1. The predicted molar refractivity (Wildman–Crippen MR) is 246 cm³/mol. The number of aliphatic hydroxyl groups excluding tert-OH is 1. The molecule has 2 fully saturated rings. The van der Waals surface area contributed by atoms with E-state index in [0.717, 1.165) is 0 Å². The van der Waals surface area contributed by atoms with Crippen molar-refractivity contribution in [1.29, 1.82) is 0 Å². The summed E-state index contributed by atoms with van der Waals surface area (Å²) < 4.78 is 0. The van der Waals surface area contributed by atoms with Gasteiger partial charge in [0, 0.05) is 19.5 Å². The zero-order valence-electron chi connectivity index (χ0n) is 39.5. The molecule has 3 rings (SSSR count). The molecule has 0 aromatic heterocycles. The molecule has 1 aromatic rings. The lowest BCUT2D eigenvalue weighted by Crippen LogP contribution is -2.60. The van der Waals surface area contributed by atoms with Gasteiger partial charge in [-0.1, -0.05) is 84.2 Å². The van der Waals surface area contributed by atoms with Crippen LogP contribution < -0.4 is 48.7 Å². The average molecular weight is 944 g/mol. The Morgan fingerprint density at radius 2 is 1.39 bits per heavy atom. The molecule has 67 heavy (non-hydrogen) atoms. The number of fused-ring (bicyclic) bond motifs is 1. The Labute approximate surface area is 392 Å². The van der Waals surface area contributed by atoms with Gasteiger partial charge in [-0.05, 0) is 63.0 Å². The molecule has 7 unspecified atom stereocenters. The van der Waals surface area contributed by atoms with Crippen molar-refractivity contribution in [2.75, 3.05) is 26.2 Å². The summed E-state index contributed by atoms with van der Waals surface area (Å²) in [5.74, 6) is -7.30. The number of carboxylic acids is 1. The van der Waals surface area contributed by atoms with Gasteiger partial charge in [0.05, 0.1) is 12.6 Å². The zero-order valence-corrected chi connectivity index (χ0v) is 39.5. The van der Waals surface area contributed by atoms with Gasteiger partial charge in [-0.3, -0.25) is 43.4 Å². The molecule has 8 amide bonds. The fraction of sp³-hybridized carbons (Fsp3) is 0.667. The second-order valence-electron chi connectivity index (χ2n) is 17.8. The number of aliphatic hydroxyl groups is 1. The first-order valence-electron chi connectivity index (χ1n) is 23.3. The number of hydrazine groups is 1. The summed E-state index contributed by atoms with van der Waals surface area (Å²) in [5.41, 5.74) is 12.3. The van der Waals surface area contributed by atoms with E-state index in [0.29, 0.717) is 44.2 Å². The SMILES string of the molecule is CCCC(NC(=O)[C@H](Cc1ccccc1)NC(=O)C(C)NC(=O)C(CC(C)C)NC(=O)C(CO)NC(=O)C1CCN2CC(NC(=O)[C@@H](NC(=O)[C@@H](N)CCCCN)C(C)CC)C(=O)N12)C(=O)O. The van der Waals surface area contributed by atoms with Gasteiger partial charge in [0.2, 0.25) is 41.4 Å². The van der Waals surface area contributed by atoms with Crippen molar-refractivity contribution in [3.8, 4) is 0 Å². The molecular formula is C45H73N11O11. The minimum atomic E-state index is -1.56. The predicted octanol–water partition coefficient (Wildman–Crippen LogP) is -2.10. The molecule has 374 valence electrons. The van der Waals surface area contributed by atoms with Crippen LogP contribution in [0.4, 0.5) is 0 Å². The number of rotatable bonds is 28. The largest absolute Gasteiger partial charge is 0.480 e. The molecule has 0 saturated carbocycles. The average Bonchev–Trinajstić information content (AvgIpc) is 3.84. The second-order valence-corrected chi connectivity index (χ2v) is 17.8. The van der Waals surface area contributed by atoms with Gasteiger partial charge in [-0.2, -0.15) is 0 Å². The fourth-order valence-electron chi connectivity index (χ4n) is 7.82. The normalized spacial score (nSPS) is 19.4. The molecule has 22 nitrogen and oxygen atoms in total. The van der Waals surface area contributed by atoms with Crippen molar-refractivity contribution < 1.29 is 53.4 Å². The van der Waals surface area contributed by atoms with Crippen LogP contribution >= 0.6 is 0 Å². The van der Waals surface area contributed by atoms with Gasteiger partial charge in [0.25, 0.3) is 5.91 Å². The molecule has 0 bridgehead atoms. The number of nitrogens with two attached hydrogens (primary N) is 2. The Kier molecular flexibility index (Phi) is 22.6. The number of carboxylic acid groups (broad SMARTS) is 1. The number of hydrogen-bond acceptors (Lipinski definition) is 13. The van der Waals surface area contributed by atoms with E-state index in [9.17, 15) is 53.4 Å². The maximum atomic E-state index is 13.7. The summed E-state index contributed by atoms with van der Waals surface area (Å²) in [6.45, 7) is 10.3. The van der Waals surface area contributed by atoms with Crippen LogP contribution in [-0.2, 0) is 49.6 Å². The number of aliphatic carboxylic acids is 1. The molecule has 0 spiro atoms. The Balaban J connectivity index is 1.65. The second kappa shape index (κ2) is 27.2. The van der Waals surface area contributed by atoms with E-state index in [1.54, 1.807) is 63.0 Å². The highest BCUT2D eigenvalue weighted by Crippen LogP contribution is 2.26. The molecular weight excluding hydrogens is 871 g/mol. The number of amides is 8. The zero-order chi connectivity index (χ0) is 50.0. The highest BCUT2D eigenvalue weighted by molar-refractivity contribution is 5.98. The van der Waals surface area contributed by atoms with Crippen molar-refractivity contribution in [2.45, 2.75) is 154 Å². The van der Waals surface area contributed by atoms with Crippen molar-refractivity contribution >= 4 is 53.2 Å². The van der Waals surface area contributed by atoms with Crippen molar-refractivity contribution in [2.24, 2.45) is 23.3 Å². The summed E-state index contributed by atoms with van der Waals surface area (Å²) in [6.07, 6.45) is 3.19. The van der Waals surface area contributed by atoms with Gasteiger partial charge in [0.15, 0.2) is 0 Å². The minimum Gasteiger partial charge on any atom is -0.480 e. The Morgan fingerprint density at radius 3 is 1.99 bits per heavy atom. The highest BCUT2D eigenvalue weighted by Gasteiger charge is 2.50. The fourth-order valence-corrected chi connectivity index (χ4v) is 7.82. The van der Waals surface area contributed by atoms with E-state index in [1.165, 1.54) is 11.9 Å². The van der Waals surface area contributed by atoms with E-state index in [2.05, 4.69) is 37.2 Å². The third kappa shape index (κ3) is 16.5. The lowest BCUT2D eigenvalue weighted by Gasteiger charge is -2.28. The van der Waals surface area contributed by atoms with Gasteiger partial charge in [0.1, 0.15) is 48.3 Å². The van der Waals surface area contributed by atoms with Crippen LogP contribution in [-0.4, -0.2) is 154 Å². The number of carbonyl (C=O) groups is 9. The smallest absolute Gasteiger partial charge is 0.326 e. The highest BCUT2D eigenvalue weighted by atomic mass is 16.4. The summed E-state index contributed by atoms with van der Waals surface area (Å²) in [6, 6.07) is -1.66. The topological polar surface area (TPSA) is 337 Å².